The maximum Gasteiger partial charge on any atom is 0.234 e. The molecule has 1 N–H and O–H groups in total. The summed E-state index contributed by atoms with van der Waals surface area (Å²) in [7, 11) is 1.88. The molecule has 2 amide bonds. The molecule has 0 spiro atoms. The molecule has 1 aromatic carbocycles. The molecule has 5 heteroatoms. The van der Waals surface area contributed by atoms with E-state index in [-0.39, 0.29) is 17.7 Å². The number of carbonyl (C=O) groups is 3. The Labute approximate surface area is 115 Å². The molecule has 1 aliphatic rings. The highest BCUT2D eigenvalue weighted by molar-refractivity contribution is 6.04. The molecule has 0 aliphatic carbocycles. The van der Waals surface area contributed by atoms with E-state index in [1.807, 2.05) is 29.9 Å². The van der Waals surface area contributed by atoms with Gasteiger partial charge in [0.15, 0.2) is 6.29 Å². The van der Waals surface area contributed by atoms with Gasteiger partial charge in [-0.2, -0.15) is 0 Å². The van der Waals surface area contributed by atoms with Gasteiger partial charge in [0.05, 0.1) is 11.4 Å². The third-order valence-corrected chi connectivity index (χ3v) is 3.84. The lowest BCUT2D eigenvalue weighted by molar-refractivity contribution is -0.134. The van der Waals surface area contributed by atoms with E-state index in [1.165, 1.54) is 0 Å². The van der Waals surface area contributed by atoms with Crippen molar-refractivity contribution in [3.05, 3.63) is 35.5 Å². The van der Waals surface area contributed by atoms with Crippen LogP contribution in [0.1, 0.15) is 34.7 Å². The van der Waals surface area contributed by atoms with E-state index < -0.39 is 0 Å². The summed E-state index contributed by atoms with van der Waals surface area (Å²) in [5.41, 5.74) is 2.35. The van der Waals surface area contributed by atoms with E-state index in [1.54, 1.807) is 6.07 Å². The van der Waals surface area contributed by atoms with Crippen molar-refractivity contribution in [1.82, 2.24) is 9.88 Å². The van der Waals surface area contributed by atoms with Crippen LogP contribution in [0.2, 0.25) is 0 Å². The predicted octanol–water partition coefficient (Wildman–Crippen LogP) is 1.51. The maximum absolute atomic E-state index is 12.0. The molecule has 1 unspecified atom stereocenters. The zero-order valence-electron chi connectivity index (χ0n) is 11.1. The van der Waals surface area contributed by atoms with Crippen molar-refractivity contribution >= 4 is 29.0 Å². The number of hydrogen-bond acceptors (Lipinski definition) is 3. The van der Waals surface area contributed by atoms with Crippen molar-refractivity contribution in [2.45, 2.75) is 18.8 Å². The number of aryl methyl sites for hydroxylation is 1. The number of hydrogen-bond donors (Lipinski definition) is 1. The molecule has 0 saturated carbocycles. The molecule has 20 heavy (non-hydrogen) atoms. The van der Waals surface area contributed by atoms with Crippen LogP contribution in [0.5, 0.6) is 0 Å². The van der Waals surface area contributed by atoms with Gasteiger partial charge in [0.2, 0.25) is 11.8 Å². The van der Waals surface area contributed by atoms with Gasteiger partial charge in [0.1, 0.15) is 0 Å². The van der Waals surface area contributed by atoms with Crippen molar-refractivity contribution in [3.8, 4) is 0 Å². The van der Waals surface area contributed by atoms with Crippen molar-refractivity contribution in [2.75, 3.05) is 0 Å². The first-order chi connectivity index (χ1) is 9.61. The fourth-order valence-corrected chi connectivity index (χ4v) is 2.84. The number of amides is 2. The van der Waals surface area contributed by atoms with Gasteiger partial charge >= 0.3 is 0 Å². The summed E-state index contributed by atoms with van der Waals surface area (Å²) in [6.45, 7) is 0. The lowest BCUT2D eigenvalue weighted by atomic mass is 9.88. The van der Waals surface area contributed by atoms with E-state index in [0.717, 1.165) is 22.8 Å². The molecule has 1 atom stereocenters. The molecule has 2 aromatic rings. The molecular weight excluding hydrogens is 256 g/mol. The first-order valence-electron chi connectivity index (χ1n) is 6.48. The zero-order valence-corrected chi connectivity index (χ0v) is 11.1. The number of carbonyl (C=O) groups excluding carboxylic acids is 3. The second-order valence-electron chi connectivity index (χ2n) is 5.05. The van der Waals surface area contributed by atoms with Gasteiger partial charge in [0, 0.05) is 30.6 Å². The van der Waals surface area contributed by atoms with Crippen molar-refractivity contribution in [3.63, 3.8) is 0 Å². The van der Waals surface area contributed by atoms with Crippen LogP contribution in [-0.2, 0) is 16.6 Å². The van der Waals surface area contributed by atoms with Gasteiger partial charge in [-0.25, -0.2) is 0 Å². The first-order valence-corrected chi connectivity index (χ1v) is 6.48. The van der Waals surface area contributed by atoms with Crippen LogP contribution in [0.4, 0.5) is 0 Å². The Balaban J connectivity index is 2.17. The zero-order chi connectivity index (χ0) is 14.3. The van der Waals surface area contributed by atoms with Gasteiger partial charge in [-0.05, 0) is 18.1 Å². The summed E-state index contributed by atoms with van der Waals surface area (Å²) in [5.74, 6) is -0.828. The molecule has 1 aromatic heterocycles. The number of rotatable bonds is 2. The average molecular weight is 270 g/mol. The fourth-order valence-electron chi connectivity index (χ4n) is 2.84. The van der Waals surface area contributed by atoms with Crippen LogP contribution < -0.4 is 5.32 Å². The Morgan fingerprint density at radius 1 is 1.30 bits per heavy atom. The number of nitrogens with one attached hydrogen (secondary N) is 1. The van der Waals surface area contributed by atoms with E-state index >= 15 is 0 Å². The number of fused-ring (bicyclic) bond motifs is 1. The van der Waals surface area contributed by atoms with Crippen molar-refractivity contribution in [2.24, 2.45) is 7.05 Å². The van der Waals surface area contributed by atoms with Gasteiger partial charge in [-0.1, -0.05) is 12.1 Å². The van der Waals surface area contributed by atoms with Gasteiger partial charge in [-0.3, -0.25) is 19.7 Å². The summed E-state index contributed by atoms with van der Waals surface area (Å²) in [6.07, 6.45) is 3.53. The Kier molecular flexibility index (Phi) is 2.89. The number of piperidine rings is 1. The monoisotopic (exact) mass is 270 g/mol. The fraction of sp³-hybridized carbons (Fsp3) is 0.267. The van der Waals surface area contributed by atoms with Crippen LogP contribution >= 0.6 is 0 Å². The topological polar surface area (TPSA) is 68.2 Å². The summed E-state index contributed by atoms with van der Waals surface area (Å²) in [5, 5.41) is 3.21. The first kappa shape index (κ1) is 12.6. The lowest BCUT2D eigenvalue weighted by Crippen LogP contribution is -2.39. The molecule has 3 rings (SSSR count). The van der Waals surface area contributed by atoms with E-state index in [0.29, 0.717) is 18.4 Å². The minimum absolute atomic E-state index is 0.223. The maximum atomic E-state index is 12.0. The quantitative estimate of drug-likeness (QED) is 0.664. The highest BCUT2D eigenvalue weighted by Gasteiger charge is 2.30. The van der Waals surface area contributed by atoms with Crippen LogP contribution in [0.25, 0.3) is 10.9 Å². The lowest BCUT2D eigenvalue weighted by Gasteiger charge is -2.22. The standard InChI is InChI=1S/C15H14N2O3/c1-17-7-6-10-9(8-18)2-3-11(14(10)17)12-4-5-13(19)16-15(12)20/h2-3,6-8,12H,4-5H2,1H3,(H,16,19,20). The SMILES string of the molecule is Cn1ccc2c(C=O)ccc(C3CCC(=O)NC3=O)c21. The Hall–Kier alpha value is -2.43. The van der Waals surface area contributed by atoms with Crippen LogP contribution in [-0.4, -0.2) is 22.7 Å². The van der Waals surface area contributed by atoms with Gasteiger partial charge in [0.25, 0.3) is 0 Å². The van der Waals surface area contributed by atoms with E-state index in [9.17, 15) is 14.4 Å². The number of imide groups is 1. The molecule has 5 nitrogen and oxygen atoms in total. The summed E-state index contributed by atoms with van der Waals surface area (Å²) < 4.78 is 1.90. The predicted molar refractivity (Wildman–Crippen MR) is 73.4 cm³/mol. The number of nitrogens with zero attached hydrogens (tertiary/aromatic N) is 1. The molecular formula is C15H14N2O3. The summed E-state index contributed by atoms with van der Waals surface area (Å²) in [6, 6.07) is 5.41. The van der Waals surface area contributed by atoms with Gasteiger partial charge < -0.3 is 4.57 Å². The van der Waals surface area contributed by atoms with Crippen LogP contribution in [0, 0.1) is 0 Å². The summed E-state index contributed by atoms with van der Waals surface area (Å²) in [4.78, 5) is 34.4. The third-order valence-electron chi connectivity index (χ3n) is 3.84. The van der Waals surface area contributed by atoms with Crippen LogP contribution in [0.3, 0.4) is 0 Å². The molecule has 1 aliphatic heterocycles. The van der Waals surface area contributed by atoms with Crippen molar-refractivity contribution < 1.29 is 14.4 Å². The van der Waals surface area contributed by atoms with E-state index in [4.69, 9.17) is 0 Å². The molecule has 102 valence electrons. The molecule has 2 heterocycles. The highest BCUT2D eigenvalue weighted by atomic mass is 16.2. The third kappa shape index (κ3) is 1.82. The Morgan fingerprint density at radius 3 is 2.80 bits per heavy atom. The number of benzene rings is 1. The van der Waals surface area contributed by atoms with Gasteiger partial charge in [-0.15, -0.1) is 0 Å². The summed E-state index contributed by atoms with van der Waals surface area (Å²) >= 11 is 0. The van der Waals surface area contributed by atoms with Crippen LogP contribution in [0.15, 0.2) is 24.4 Å². The average Bonchev–Trinajstić information content (AvgIpc) is 2.81. The second kappa shape index (κ2) is 4.59. The molecule has 0 bridgehead atoms. The van der Waals surface area contributed by atoms with E-state index in [2.05, 4.69) is 5.32 Å². The molecule has 1 fully saturated rings. The molecule has 1 saturated heterocycles. The largest absolute Gasteiger partial charge is 0.350 e. The Bertz CT molecular complexity index is 730. The number of aldehydes is 1. The number of aromatic nitrogens is 1. The molecule has 0 radical (unpaired) electrons. The minimum atomic E-state index is -0.343. The second-order valence-corrected chi connectivity index (χ2v) is 5.05. The Morgan fingerprint density at radius 2 is 2.10 bits per heavy atom. The smallest absolute Gasteiger partial charge is 0.234 e. The highest BCUT2D eigenvalue weighted by Crippen LogP contribution is 2.32. The van der Waals surface area contributed by atoms with Crippen molar-refractivity contribution in [1.29, 1.82) is 0 Å². The minimum Gasteiger partial charge on any atom is -0.350 e. The normalized spacial score (nSPS) is 19.1.